The average molecular weight is 207 g/mol. The molecule has 15 heavy (non-hydrogen) atoms. The molecule has 1 amide bonds. The van der Waals surface area contributed by atoms with Gasteiger partial charge in [0.15, 0.2) is 0 Å². The summed E-state index contributed by atoms with van der Waals surface area (Å²) in [5, 5.41) is 17.9. The van der Waals surface area contributed by atoms with Gasteiger partial charge in [0.2, 0.25) is 0 Å². The summed E-state index contributed by atoms with van der Waals surface area (Å²) in [6.07, 6.45) is -0.122. The highest BCUT2D eigenvalue weighted by molar-refractivity contribution is 5.65. The Hall–Kier alpha value is -1.55. The van der Waals surface area contributed by atoms with Crippen molar-refractivity contribution < 1.29 is 15.0 Å². The molecule has 0 spiro atoms. The first kappa shape index (κ1) is 9.98. The van der Waals surface area contributed by atoms with Crippen molar-refractivity contribution in [1.29, 1.82) is 0 Å². The van der Waals surface area contributed by atoms with Crippen molar-refractivity contribution in [3.8, 4) is 0 Å². The van der Waals surface area contributed by atoms with Gasteiger partial charge in [0, 0.05) is 13.1 Å². The summed E-state index contributed by atoms with van der Waals surface area (Å²) in [7, 11) is 0. The van der Waals surface area contributed by atoms with Crippen LogP contribution in [0.3, 0.4) is 0 Å². The Kier molecular flexibility index (Phi) is 2.60. The second-order valence-electron chi connectivity index (χ2n) is 3.72. The summed E-state index contributed by atoms with van der Waals surface area (Å²) < 4.78 is 0. The number of nitrogens with zero attached hydrogens (tertiary/aromatic N) is 1. The number of amides is 1. The zero-order valence-electron chi connectivity index (χ0n) is 8.31. The zero-order chi connectivity index (χ0) is 10.8. The van der Waals surface area contributed by atoms with Gasteiger partial charge >= 0.3 is 6.09 Å². The van der Waals surface area contributed by atoms with Crippen molar-refractivity contribution in [3.63, 3.8) is 0 Å². The molecule has 0 aromatic heterocycles. The van der Waals surface area contributed by atoms with Gasteiger partial charge in [0.1, 0.15) is 0 Å². The number of aliphatic hydroxyl groups is 1. The highest BCUT2D eigenvalue weighted by Crippen LogP contribution is 2.20. The topological polar surface area (TPSA) is 60.8 Å². The lowest BCUT2D eigenvalue weighted by Gasteiger charge is -2.26. The molecule has 0 atom stereocenters. The van der Waals surface area contributed by atoms with Crippen LogP contribution in [0.2, 0.25) is 0 Å². The van der Waals surface area contributed by atoms with Crippen LogP contribution >= 0.6 is 0 Å². The second-order valence-corrected chi connectivity index (χ2v) is 3.72. The van der Waals surface area contributed by atoms with Crippen LogP contribution in [-0.2, 0) is 19.6 Å². The van der Waals surface area contributed by atoms with Crippen molar-refractivity contribution in [2.75, 3.05) is 6.54 Å². The molecule has 2 N–H and O–H groups in total. The van der Waals surface area contributed by atoms with Crippen molar-refractivity contribution in [2.24, 2.45) is 0 Å². The first-order chi connectivity index (χ1) is 7.20. The molecular formula is C11H13NO3. The van der Waals surface area contributed by atoms with Crippen LogP contribution in [0.4, 0.5) is 4.79 Å². The number of fused-ring (bicyclic) bond motifs is 1. The first-order valence-corrected chi connectivity index (χ1v) is 4.90. The van der Waals surface area contributed by atoms with Gasteiger partial charge in [0.25, 0.3) is 0 Å². The standard InChI is InChI=1S/C11H13NO3/c13-7-8-1-2-9-3-4-12(11(14)15)6-10(9)5-8/h1-2,5,13H,3-4,6-7H2,(H,14,15). The molecule has 80 valence electrons. The quantitative estimate of drug-likeness (QED) is 0.727. The summed E-state index contributed by atoms with van der Waals surface area (Å²) in [4.78, 5) is 12.2. The summed E-state index contributed by atoms with van der Waals surface area (Å²) in [5.41, 5.74) is 3.03. The molecule has 0 saturated heterocycles. The third kappa shape index (κ3) is 1.94. The van der Waals surface area contributed by atoms with Gasteiger partial charge in [-0.3, -0.25) is 0 Å². The highest BCUT2D eigenvalue weighted by atomic mass is 16.4. The minimum absolute atomic E-state index is 0.000349. The molecule has 0 unspecified atom stereocenters. The van der Waals surface area contributed by atoms with Gasteiger partial charge in [0.05, 0.1) is 6.61 Å². The Morgan fingerprint density at radius 3 is 2.87 bits per heavy atom. The predicted molar refractivity (Wildman–Crippen MR) is 54.5 cm³/mol. The SMILES string of the molecule is O=C(O)N1CCc2ccc(CO)cc2C1. The van der Waals surface area contributed by atoms with Crippen LogP contribution in [-0.4, -0.2) is 27.8 Å². The minimum atomic E-state index is -0.880. The van der Waals surface area contributed by atoms with E-state index in [1.165, 1.54) is 10.5 Å². The predicted octanol–water partition coefficient (Wildman–Crippen LogP) is 1.22. The molecule has 0 fully saturated rings. The fourth-order valence-electron chi connectivity index (χ4n) is 1.87. The fraction of sp³-hybridized carbons (Fsp3) is 0.364. The lowest BCUT2D eigenvalue weighted by atomic mass is 9.98. The van der Waals surface area contributed by atoms with E-state index in [0.717, 1.165) is 17.5 Å². The van der Waals surface area contributed by atoms with Gasteiger partial charge in [-0.05, 0) is 23.1 Å². The van der Waals surface area contributed by atoms with Crippen LogP contribution < -0.4 is 0 Å². The number of aliphatic hydroxyl groups excluding tert-OH is 1. The molecule has 1 aromatic rings. The smallest absolute Gasteiger partial charge is 0.407 e. The highest BCUT2D eigenvalue weighted by Gasteiger charge is 2.19. The van der Waals surface area contributed by atoms with Crippen molar-refractivity contribution in [1.82, 2.24) is 4.90 Å². The number of hydrogen-bond acceptors (Lipinski definition) is 2. The number of carboxylic acid groups (broad SMARTS) is 1. The van der Waals surface area contributed by atoms with Crippen LogP contribution in [0, 0.1) is 0 Å². The maximum Gasteiger partial charge on any atom is 0.407 e. The average Bonchev–Trinajstić information content (AvgIpc) is 2.27. The Balaban J connectivity index is 2.27. The minimum Gasteiger partial charge on any atom is -0.465 e. The van der Waals surface area contributed by atoms with Gasteiger partial charge in [-0.1, -0.05) is 18.2 Å². The maximum absolute atomic E-state index is 10.8. The molecular weight excluding hydrogens is 194 g/mol. The van der Waals surface area contributed by atoms with Crippen LogP contribution in [0.25, 0.3) is 0 Å². The lowest BCUT2D eigenvalue weighted by molar-refractivity contribution is 0.140. The Morgan fingerprint density at radius 2 is 2.20 bits per heavy atom. The number of carbonyl (C=O) groups is 1. The van der Waals surface area contributed by atoms with E-state index in [9.17, 15) is 4.79 Å². The molecule has 2 rings (SSSR count). The third-order valence-electron chi connectivity index (χ3n) is 2.74. The van der Waals surface area contributed by atoms with E-state index >= 15 is 0 Å². The van der Waals surface area contributed by atoms with Crippen molar-refractivity contribution in [3.05, 3.63) is 34.9 Å². The van der Waals surface area contributed by atoms with E-state index < -0.39 is 6.09 Å². The van der Waals surface area contributed by atoms with Gasteiger partial charge in [-0.15, -0.1) is 0 Å². The normalized spacial score (nSPS) is 14.9. The molecule has 0 aliphatic carbocycles. The summed E-state index contributed by atoms with van der Waals surface area (Å²) in [6.45, 7) is 0.986. The van der Waals surface area contributed by atoms with E-state index in [0.29, 0.717) is 13.1 Å². The van der Waals surface area contributed by atoms with Gasteiger partial charge in [-0.25, -0.2) is 4.79 Å². The molecule has 0 radical (unpaired) electrons. The summed E-state index contributed by atoms with van der Waals surface area (Å²) in [6, 6.07) is 5.74. The van der Waals surface area contributed by atoms with Crippen molar-refractivity contribution >= 4 is 6.09 Å². The molecule has 0 bridgehead atoms. The summed E-state index contributed by atoms with van der Waals surface area (Å²) >= 11 is 0. The number of rotatable bonds is 1. The van der Waals surface area contributed by atoms with E-state index in [-0.39, 0.29) is 6.61 Å². The largest absolute Gasteiger partial charge is 0.465 e. The monoisotopic (exact) mass is 207 g/mol. The second kappa shape index (κ2) is 3.90. The summed E-state index contributed by atoms with van der Waals surface area (Å²) in [5.74, 6) is 0. The van der Waals surface area contributed by atoms with Crippen LogP contribution in [0.5, 0.6) is 0 Å². The fourth-order valence-corrected chi connectivity index (χ4v) is 1.87. The maximum atomic E-state index is 10.8. The van der Waals surface area contributed by atoms with E-state index in [2.05, 4.69) is 0 Å². The Bertz CT molecular complexity index is 389. The molecule has 1 heterocycles. The Morgan fingerprint density at radius 1 is 1.40 bits per heavy atom. The molecule has 4 heteroatoms. The molecule has 0 saturated carbocycles. The van der Waals surface area contributed by atoms with E-state index in [1.54, 1.807) is 0 Å². The van der Waals surface area contributed by atoms with Gasteiger partial charge in [-0.2, -0.15) is 0 Å². The molecule has 1 aliphatic rings. The van der Waals surface area contributed by atoms with E-state index in [4.69, 9.17) is 10.2 Å². The molecule has 1 aliphatic heterocycles. The molecule has 1 aromatic carbocycles. The van der Waals surface area contributed by atoms with Gasteiger partial charge < -0.3 is 15.1 Å². The Labute approximate surface area is 87.8 Å². The number of benzene rings is 1. The van der Waals surface area contributed by atoms with Crippen LogP contribution in [0.1, 0.15) is 16.7 Å². The lowest BCUT2D eigenvalue weighted by Crippen LogP contribution is -2.34. The van der Waals surface area contributed by atoms with Crippen molar-refractivity contribution in [2.45, 2.75) is 19.6 Å². The molecule has 4 nitrogen and oxygen atoms in total. The zero-order valence-corrected chi connectivity index (χ0v) is 8.31. The van der Waals surface area contributed by atoms with E-state index in [1.807, 2.05) is 18.2 Å². The number of hydrogen-bond donors (Lipinski definition) is 2. The third-order valence-corrected chi connectivity index (χ3v) is 2.74. The first-order valence-electron chi connectivity index (χ1n) is 4.90. The van der Waals surface area contributed by atoms with Crippen LogP contribution in [0.15, 0.2) is 18.2 Å².